The van der Waals surface area contributed by atoms with Crippen LogP contribution in [0.3, 0.4) is 0 Å². The van der Waals surface area contributed by atoms with Gasteiger partial charge in [-0.1, -0.05) is 19.1 Å². The molecule has 5 nitrogen and oxygen atoms in total. The second-order valence-electron chi connectivity index (χ2n) is 5.00. The predicted molar refractivity (Wildman–Crippen MR) is 78.8 cm³/mol. The first-order valence-corrected chi connectivity index (χ1v) is 6.96. The molecule has 0 atom stereocenters. The quantitative estimate of drug-likeness (QED) is 0.838. The SMILES string of the molecule is CCCN(CCc1nc2ccccc2n1C)CC(=O)O. The van der Waals surface area contributed by atoms with E-state index >= 15 is 0 Å². The van der Waals surface area contributed by atoms with Gasteiger partial charge in [0.05, 0.1) is 17.6 Å². The molecule has 5 heteroatoms. The molecule has 0 saturated heterocycles. The molecule has 0 aliphatic carbocycles. The van der Waals surface area contributed by atoms with E-state index in [-0.39, 0.29) is 6.54 Å². The summed E-state index contributed by atoms with van der Waals surface area (Å²) in [5.74, 6) is 0.223. The largest absolute Gasteiger partial charge is 0.480 e. The molecule has 20 heavy (non-hydrogen) atoms. The fraction of sp³-hybridized carbons (Fsp3) is 0.467. The van der Waals surface area contributed by atoms with Gasteiger partial charge < -0.3 is 9.67 Å². The van der Waals surface area contributed by atoms with Gasteiger partial charge in [0.2, 0.25) is 0 Å². The minimum atomic E-state index is -0.775. The lowest BCUT2D eigenvalue weighted by Gasteiger charge is -2.18. The summed E-state index contributed by atoms with van der Waals surface area (Å²) in [6.45, 7) is 3.68. The minimum Gasteiger partial charge on any atom is -0.480 e. The van der Waals surface area contributed by atoms with Crippen LogP contribution in [-0.4, -0.2) is 45.2 Å². The van der Waals surface area contributed by atoms with E-state index in [4.69, 9.17) is 5.11 Å². The minimum absolute atomic E-state index is 0.0950. The van der Waals surface area contributed by atoms with Gasteiger partial charge in [-0.15, -0.1) is 0 Å². The summed E-state index contributed by atoms with van der Waals surface area (Å²) in [6.07, 6.45) is 1.72. The molecule has 108 valence electrons. The number of aromatic nitrogens is 2. The van der Waals surface area contributed by atoms with Crippen molar-refractivity contribution in [1.82, 2.24) is 14.5 Å². The Morgan fingerprint density at radius 3 is 2.75 bits per heavy atom. The first-order chi connectivity index (χ1) is 9.61. The van der Waals surface area contributed by atoms with Crippen LogP contribution in [-0.2, 0) is 18.3 Å². The molecule has 2 aromatic rings. The third-order valence-electron chi connectivity index (χ3n) is 3.43. The molecule has 1 aromatic carbocycles. The summed E-state index contributed by atoms with van der Waals surface area (Å²) in [6, 6.07) is 8.03. The van der Waals surface area contributed by atoms with Gasteiger partial charge in [-0.25, -0.2) is 4.98 Å². The Hall–Kier alpha value is -1.88. The predicted octanol–water partition coefficient (Wildman–Crippen LogP) is 1.91. The maximum atomic E-state index is 10.8. The number of aryl methyl sites for hydroxylation is 1. The van der Waals surface area contributed by atoms with Crippen LogP contribution in [0.1, 0.15) is 19.2 Å². The van der Waals surface area contributed by atoms with E-state index in [0.717, 1.165) is 42.8 Å². The van der Waals surface area contributed by atoms with Crippen LogP contribution in [0.2, 0.25) is 0 Å². The van der Waals surface area contributed by atoms with Crippen LogP contribution in [0.4, 0.5) is 0 Å². The highest BCUT2D eigenvalue weighted by Crippen LogP contribution is 2.14. The molecule has 1 N–H and O–H groups in total. The zero-order valence-corrected chi connectivity index (χ0v) is 12.0. The van der Waals surface area contributed by atoms with Crippen molar-refractivity contribution in [2.24, 2.45) is 7.05 Å². The average molecular weight is 275 g/mol. The Morgan fingerprint density at radius 2 is 2.10 bits per heavy atom. The number of carboxylic acids is 1. The molecule has 2 rings (SSSR count). The Bertz CT molecular complexity index is 592. The number of fused-ring (bicyclic) bond motifs is 1. The second kappa shape index (κ2) is 6.52. The number of carboxylic acid groups (broad SMARTS) is 1. The maximum Gasteiger partial charge on any atom is 0.317 e. The Labute approximate surface area is 118 Å². The van der Waals surface area contributed by atoms with E-state index in [1.54, 1.807) is 0 Å². The van der Waals surface area contributed by atoms with E-state index in [0.29, 0.717) is 0 Å². The van der Waals surface area contributed by atoms with Gasteiger partial charge in [-0.3, -0.25) is 9.69 Å². The number of benzene rings is 1. The molecule has 0 fully saturated rings. The van der Waals surface area contributed by atoms with Crippen LogP contribution in [0.15, 0.2) is 24.3 Å². The zero-order valence-electron chi connectivity index (χ0n) is 12.0. The van der Waals surface area contributed by atoms with Crippen molar-refractivity contribution in [2.75, 3.05) is 19.6 Å². The first-order valence-electron chi connectivity index (χ1n) is 6.96. The molecule has 0 aliphatic heterocycles. The molecule has 0 unspecified atom stereocenters. The number of nitrogens with zero attached hydrogens (tertiary/aromatic N) is 3. The average Bonchev–Trinajstić information content (AvgIpc) is 2.73. The molecule has 1 heterocycles. The smallest absolute Gasteiger partial charge is 0.317 e. The van der Waals surface area contributed by atoms with E-state index < -0.39 is 5.97 Å². The molecular formula is C15H21N3O2. The monoisotopic (exact) mass is 275 g/mol. The fourth-order valence-corrected chi connectivity index (χ4v) is 2.45. The number of aliphatic carboxylic acids is 1. The van der Waals surface area contributed by atoms with Gasteiger partial charge in [0.25, 0.3) is 0 Å². The Kier molecular flexibility index (Phi) is 4.74. The second-order valence-corrected chi connectivity index (χ2v) is 5.00. The molecule has 0 spiro atoms. The molecule has 0 bridgehead atoms. The van der Waals surface area contributed by atoms with E-state index in [1.807, 2.05) is 36.2 Å². The van der Waals surface area contributed by atoms with Crippen molar-refractivity contribution in [2.45, 2.75) is 19.8 Å². The maximum absolute atomic E-state index is 10.8. The van der Waals surface area contributed by atoms with Gasteiger partial charge in [0.1, 0.15) is 5.82 Å². The van der Waals surface area contributed by atoms with Gasteiger partial charge in [0.15, 0.2) is 0 Å². The highest BCUT2D eigenvalue weighted by Gasteiger charge is 2.12. The number of para-hydroxylation sites is 2. The Morgan fingerprint density at radius 1 is 1.35 bits per heavy atom. The summed E-state index contributed by atoms with van der Waals surface area (Å²) >= 11 is 0. The topological polar surface area (TPSA) is 58.4 Å². The molecule has 0 amide bonds. The fourth-order valence-electron chi connectivity index (χ4n) is 2.45. The van der Waals surface area contributed by atoms with Crippen molar-refractivity contribution in [3.05, 3.63) is 30.1 Å². The summed E-state index contributed by atoms with van der Waals surface area (Å²) in [7, 11) is 2.01. The van der Waals surface area contributed by atoms with E-state index in [1.165, 1.54) is 0 Å². The molecular weight excluding hydrogens is 254 g/mol. The number of carbonyl (C=O) groups is 1. The van der Waals surface area contributed by atoms with Crippen molar-refractivity contribution < 1.29 is 9.90 Å². The highest BCUT2D eigenvalue weighted by molar-refractivity contribution is 5.75. The third kappa shape index (κ3) is 3.36. The standard InChI is InChI=1S/C15H21N3O2/c1-3-9-18(11-15(19)20)10-8-14-16-12-6-4-5-7-13(12)17(14)2/h4-7H,3,8-11H2,1-2H3,(H,19,20). The number of rotatable bonds is 7. The van der Waals surface area contributed by atoms with Gasteiger partial charge in [-0.2, -0.15) is 0 Å². The highest BCUT2D eigenvalue weighted by atomic mass is 16.4. The Balaban J connectivity index is 2.07. The van der Waals surface area contributed by atoms with Crippen molar-refractivity contribution in [3.8, 4) is 0 Å². The zero-order chi connectivity index (χ0) is 14.5. The van der Waals surface area contributed by atoms with Crippen LogP contribution >= 0.6 is 0 Å². The number of imidazole rings is 1. The molecule has 0 saturated carbocycles. The number of hydrogen-bond acceptors (Lipinski definition) is 3. The van der Waals surface area contributed by atoms with Crippen LogP contribution in [0.25, 0.3) is 11.0 Å². The lowest BCUT2D eigenvalue weighted by Crippen LogP contribution is -2.32. The summed E-state index contributed by atoms with van der Waals surface area (Å²) < 4.78 is 2.08. The molecule has 0 radical (unpaired) electrons. The van der Waals surface area contributed by atoms with Gasteiger partial charge in [0, 0.05) is 20.0 Å². The molecule has 0 aliphatic rings. The van der Waals surface area contributed by atoms with Crippen LogP contribution in [0, 0.1) is 0 Å². The summed E-state index contributed by atoms with van der Waals surface area (Å²) in [5.41, 5.74) is 2.10. The van der Waals surface area contributed by atoms with E-state index in [2.05, 4.69) is 16.5 Å². The lowest BCUT2D eigenvalue weighted by molar-refractivity contribution is -0.138. The van der Waals surface area contributed by atoms with Gasteiger partial charge >= 0.3 is 5.97 Å². The number of hydrogen-bond donors (Lipinski definition) is 1. The third-order valence-corrected chi connectivity index (χ3v) is 3.43. The summed E-state index contributed by atoms with van der Waals surface area (Å²) in [4.78, 5) is 17.4. The van der Waals surface area contributed by atoms with Crippen molar-refractivity contribution in [1.29, 1.82) is 0 Å². The van der Waals surface area contributed by atoms with Crippen LogP contribution in [0.5, 0.6) is 0 Å². The van der Waals surface area contributed by atoms with Gasteiger partial charge in [-0.05, 0) is 25.1 Å². The first kappa shape index (κ1) is 14.5. The summed E-state index contributed by atoms with van der Waals surface area (Å²) in [5, 5.41) is 8.91. The van der Waals surface area contributed by atoms with Crippen LogP contribution < -0.4 is 0 Å². The normalized spacial score (nSPS) is 11.3. The lowest BCUT2D eigenvalue weighted by atomic mass is 10.3. The van der Waals surface area contributed by atoms with Crippen molar-refractivity contribution >= 4 is 17.0 Å². The van der Waals surface area contributed by atoms with E-state index in [9.17, 15) is 4.79 Å². The molecule has 1 aromatic heterocycles. The van der Waals surface area contributed by atoms with Crippen molar-refractivity contribution in [3.63, 3.8) is 0 Å².